The number of rotatable bonds is 6. The second kappa shape index (κ2) is 9.75. The van der Waals surface area contributed by atoms with Crippen LogP contribution in [0.4, 0.5) is 11.5 Å². The fourth-order valence-corrected chi connectivity index (χ4v) is 3.02. The molecule has 0 saturated heterocycles. The molecular weight excluding hydrogens is 310 g/mol. The zero-order valence-electron chi connectivity index (χ0n) is 14.5. The molecule has 0 unspecified atom stereocenters. The number of aromatic nitrogens is 1. The van der Waals surface area contributed by atoms with Gasteiger partial charge in [-0.15, -0.1) is 0 Å². The van der Waals surface area contributed by atoms with Crippen LogP contribution in [0.2, 0.25) is 0 Å². The van der Waals surface area contributed by atoms with Gasteiger partial charge in [-0.05, 0) is 37.7 Å². The Balaban J connectivity index is 0.00000139. The summed E-state index contributed by atoms with van der Waals surface area (Å²) in [7, 11) is 1.85. The summed E-state index contributed by atoms with van der Waals surface area (Å²) in [6.45, 7) is 4.71. The van der Waals surface area contributed by atoms with Crippen LogP contribution in [0.15, 0.2) is 16.9 Å². The number of aliphatic carboxylic acids is 1. The van der Waals surface area contributed by atoms with Gasteiger partial charge in [0.15, 0.2) is 0 Å². The second-order valence-corrected chi connectivity index (χ2v) is 5.78. The van der Waals surface area contributed by atoms with Crippen molar-refractivity contribution in [2.45, 2.75) is 39.5 Å². The van der Waals surface area contributed by atoms with Crippen LogP contribution in [0.25, 0.3) is 0 Å². The average Bonchev–Trinajstić information content (AvgIpc) is 2.59. The summed E-state index contributed by atoms with van der Waals surface area (Å²) in [5.74, 6) is 0.00962. The van der Waals surface area contributed by atoms with Crippen molar-refractivity contribution < 1.29 is 14.7 Å². The van der Waals surface area contributed by atoms with Gasteiger partial charge < -0.3 is 20.3 Å². The van der Waals surface area contributed by atoms with Gasteiger partial charge in [0.05, 0.1) is 11.6 Å². The van der Waals surface area contributed by atoms with E-state index in [2.05, 4.69) is 10.3 Å². The van der Waals surface area contributed by atoms with E-state index in [1.54, 1.807) is 6.07 Å². The number of H-pyrrole nitrogens is 1. The minimum atomic E-state index is -0.711. The van der Waals surface area contributed by atoms with Crippen LogP contribution in [-0.2, 0) is 9.59 Å². The Morgan fingerprint density at radius 3 is 2.50 bits per heavy atom. The Morgan fingerprint density at radius 2 is 1.96 bits per heavy atom. The SMILES string of the molecule is CC.CN(CC1CCC(C(=O)O)CC1)c1[nH]c(=O)ccc1NC=O. The van der Waals surface area contributed by atoms with Gasteiger partial charge in [-0.3, -0.25) is 14.4 Å². The van der Waals surface area contributed by atoms with Crippen molar-refractivity contribution in [2.75, 3.05) is 23.8 Å². The summed E-state index contributed by atoms with van der Waals surface area (Å²) in [5.41, 5.74) is 0.323. The number of hydrogen-bond acceptors (Lipinski definition) is 4. The lowest BCUT2D eigenvalue weighted by Crippen LogP contribution is -2.31. The van der Waals surface area contributed by atoms with E-state index in [1.807, 2.05) is 25.8 Å². The maximum Gasteiger partial charge on any atom is 0.306 e. The lowest BCUT2D eigenvalue weighted by atomic mass is 9.82. The molecule has 3 N–H and O–H groups in total. The highest BCUT2D eigenvalue weighted by molar-refractivity contribution is 5.79. The number of amides is 1. The molecule has 0 atom stereocenters. The molecule has 7 nitrogen and oxygen atoms in total. The fraction of sp³-hybridized carbons (Fsp3) is 0.588. The number of carbonyl (C=O) groups excluding carboxylic acids is 1. The smallest absolute Gasteiger partial charge is 0.306 e. The third kappa shape index (κ3) is 5.40. The van der Waals surface area contributed by atoms with Gasteiger partial charge in [-0.25, -0.2) is 0 Å². The van der Waals surface area contributed by atoms with E-state index in [0.717, 1.165) is 12.8 Å². The van der Waals surface area contributed by atoms with Crippen LogP contribution in [-0.4, -0.2) is 36.1 Å². The topological polar surface area (TPSA) is 102 Å². The summed E-state index contributed by atoms with van der Waals surface area (Å²) in [4.78, 5) is 37.7. The molecule has 2 rings (SSSR count). The summed E-state index contributed by atoms with van der Waals surface area (Å²) in [6.07, 6.45) is 3.67. The fourth-order valence-electron chi connectivity index (χ4n) is 3.02. The minimum absolute atomic E-state index is 0.229. The van der Waals surface area contributed by atoms with E-state index in [1.165, 1.54) is 6.07 Å². The average molecular weight is 337 g/mol. The van der Waals surface area contributed by atoms with Gasteiger partial charge in [-0.2, -0.15) is 0 Å². The number of anilines is 2. The standard InChI is InChI=1S/C15H21N3O4.C2H6/c1-18(8-10-2-4-11(5-3-10)15(21)22)14-12(16-9-19)6-7-13(20)17-14;1-2/h6-7,9-11H,2-5,8H2,1H3,(H,16,19)(H,17,20)(H,21,22);1-2H3. The van der Waals surface area contributed by atoms with Crippen LogP contribution in [0.5, 0.6) is 0 Å². The van der Waals surface area contributed by atoms with Crippen LogP contribution in [0.1, 0.15) is 39.5 Å². The van der Waals surface area contributed by atoms with Crippen molar-refractivity contribution in [1.82, 2.24) is 4.98 Å². The van der Waals surface area contributed by atoms with E-state index < -0.39 is 5.97 Å². The second-order valence-electron chi connectivity index (χ2n) is 5.78. The molecule has 1 aliphatic rings. The van der Waals surface area contributed by atoms with Gasteiger partial charge in [-0.1, -0.05) is 13.8 Å². The first-order valence-electron chi connectivity index (χ1n) is 8.38. The molecule has 0 aromatic carbocycles. The number of hydrogen-bond donors (Lipinski definition) is 3. The monoisotopic (exact) mass is 337 g/mol. The molecule has 0 radical (unpaired) electrons. The van der Waals surface area contributed by atoms with Crippen molar-refractivity contribution in [3.05, 3.63) is 22.5 Å². The van der Waals surface area contributed by atoms with Gasteiger partial charge in [0, 0.05) is 19.7 Å². The number of nitrogens with zero attached hydrogens (tertiary/aromatic N) is 1. The molecule has 1 aliphatic carbocycles. The summed E-state index contributed by atoms with van der Waals surface area (Å²) in [6, 6.07) is 2.93. The Bertz CT molecular complexity index is 592. The van der Waals surface area contributed by atoms with Gasteiger partial charge in [0.1, 0.15) is 5.82 Å². The Labute approximate surface area is 142 Å². The highest BCUT2D eigenvalue weighted by Crippen LogP contribution is 2.30. The van der Waals surface area contributed by atoms with E-state index in [-0.39, 0.29) is 11.5 Å². The summed E-state index contributed by atoms with van der Waals surface area (Å²) >= 11 is 0. The molecule has 1 aromatic heterocycles. The van der Waals surface area contributed by atoms with E-state index >= 15 is 0 Å². The van der Waals surface area contributed by atoms with E-state index in [0.29, 0.717) is 43.2 Å². The quantitative estimate of drug-likeness (QED) is 0.691. The number of nitrogens with one attached hydrogen (secondary N) is 2. The highest BCUT2D eigenvalue weighted by Gasteiger charge is 2.26. The van der Waals surface area contributed by atoms with Crippen LogP contribution < -0.4 is 15.8 Å². The van der Waals surface area contributed by atoms with E-state index in [4.69, 9.17) is 5.11 Å². The molecule has 0 spiro atoms. The number of carbonyl (C=O) groups is 2. The normalized spacial score (nSPS) is 19.6. The predicted octanol–water partition coefficient (Wildman–Crippen LogP) is 2.30. The number of carboxylic acid groups (broad SMARTS) is 1. The minimum Gasteiger partial charge on any atom is -0.481 e. The summed E-state index contributed by atoms with van der Waals surface area (Å²) in [5, 5.41) is 11.6. The highest BCUT2D eigenvalue weighted by atomic mass is 16.4. The first kappa shape index (κ1) is 19.7. The Kier molecular flexibility index (Phi) is 8.01. The number of carboxylic acids is 1. The third-order valence-corrected chi connectivity index (χ3v) is 4.22. The molecule has 1 heterocycles. The van der Waals surface area contributed by atoms with Crippen molar-refractivity contribution in [3.8, 4) is 0 Å². The maximum atomic E-state index is 11.5. The molecule has 7 heteroatoms. The largest absolute Gasteiger partial charge is 0.481 e. The Morgan fingerprint density at radius 1 is 1.33 bits per heavy atom. The molecule has 134 valence electrons. The lowest BCUT2D eigenvalue weighted by Gasteiger charge is -2.31. The van der Waals surface area contributed by atoms with Crippen molar-refractivity contribution >= 4 is 23.9 Å². The molecule has 1 saturated carbocycles. The van der Waals surface area contributed by atoms with Crippen molar-refractivity contribution in [2.24, 2.45) is 11.8 Å². The van der Waals surface area contributed by atoms with Crippen molar-refractivity contribution in [1.29, 1.82) is 0 Å². The van der Waals surface area contributed by atoms with E-state index in [9.17, 15) is 14.4 Å². The predicted molar refractivity (Wildman–Crippen MR) is 94.5 cm³/mol. The Hall–Kier alpha value is -2.31. The molecule has 24 heavy (non-hydrogen) atoms. The molecule has 1 aromatic rings. The maximum absolute atomic E-state index is 11.5. The van der Waals surface area contributed by atoms with Crippen LogP contribution in [0, 0.1) is 11.8 Å². The molecule has 0 bridgehead atoms. The lowest BCUT2D eigenvalue weighted by molar-refractivity contribution is -0.143. The molecule has 0 aliphatic heterocycles. The van der Waals surface area contributed by atoms with Gasteiger partial charge in [0.25, 0.3) is 0 Å². The molecule has 1 fully saturated rings. The zero-order valence-corrected chi connectivity index (χ0v) is 14.5. The van der Waals surface area contributed by atoms with Gasteiger partial charge >= 0.3 is 5.97 Å². The third-order valence-electron chi connectivity index (χ3n) is 4.22. The number of pyridine rings is 1. The first-order chi connectivity index (χ1) is 11.5. The van der Waals surface area contributed by atoms with Crippen molar-refractivity contribution in [3.63, 3.8) is 0 Å². The molecular formula is C17H27N3O4. The zero-order chi connectivity index (χ0) is 18.1. The number of aromatic amines is 1. The molecule has 1 amide bonds. The van der Waals surface area contributed by atoms with Crippen LogP contribution >= 0.6 is 0 Å². The summed E-state index contributed by atoms with van der Waals surface area (Å²) < 4.78 is 0. The first-order valence-corrected chi connectivity index (χ1v) is 8.38. The van der Waals surface area contributed by atoms with Gasteiger partial charge in [0.2, 0.25) is 12.0 Å². The van der Waals surface area contributed by atoms with Crippen LogP contribution in [0.3, 0.4) is 0 Å².